The second-order valence-corrected chi connectivity index (χ2v) is 5.67. The Morgan fingerprint density at radius 1 is 1.00 bits per heavy atom. The molecule has 0 saturated heterocycles. The van der Waals surface area contributed by atoms with Gasteiger partial charge in [-0.05, 0) is 24.6 Å². The van der Waals surface area contributed by atoms with Crippen molar-refractivity contribution in [2.24, 2.45) is 0 Å². The molecule has 0 aliphatic rings. The van der Waals surface area contributed by atoms with E-state index in [1.165, 1.54) is 29.1 Å². The Kier molecular flexibility index (Phi) is 11.8. The monoisotopic (exact) mass is 313 g/mol. The first-order valence-electron chi connectivity index (χ1n) is 5.94. The van der Waals surface area contributed by atoms with Crippen LogP contribution in [0.4, 0.5) is 0 Å². The van der Waals surface area contributed by atoms with Crippen LogP contribution in [0.2, 0.25) is 0 Å². The van der Waals surface area contributed by atoms with Crippen LogP contribution in [0, 0.1) is 0 Å². The van der Waals surface area contributed by atoms with Crippen LogP contribution in [0.5, 0.6) is 0 Å². The zero-order valence-electron chi connectivity index (χ0n) is 9.63. The third-order valence-electron chi connectivity index (χ3n) is 2.47. The molecule has 0 aromatic rings. The number of rotatable bonds is 11. The van der Waals surface area contributed by atoms with Gasteiger partial charge in [0.25, 0.3) is 0 Å². The van der Waals surface area contributed by atoms with Crippen molar-refractivity contribution >= 4 is 33.9 Å². The van der Waals surface area contributed by atoms with E-state index in [0.717, 1.165) is 32.2 Å². The molecule has 0 amide bonds. The highest BCUT2D eigenvalue weighted by Gasteiger charge is 1.97. The minimum Gasteiger partial charge on any atom is -0.481 e. The molecular formula is C11H21BrClNO2. The fourth-order valence-electron chi connectivity index (χ4n) is 1.57. The number of unbranched alkanes of at least 4 members (excludes halogenated alkanes) is 7. The summed E-state index contributed by atoms with van der Waals surface area (Å²) in [6, 6.07) is 0. The van der Waals surface area contributed by atoms with E-state index in [9.17, 15) is 4.79 Å². The molecule has 0 spiro atoms. The highest BCUT2D eigenvalue weighted by molar-refractivity contribution is 9.08. The van der Waals surface area contributed by atoms with Gasteiger partial charge in [0.05, 0.1) is 0 Å². The highest BCUT2D eigenvalue weighted by atomic mass is 79.9. The van der Waals surface area contributed by atoms with E-state index in [4.69, 9.17) is 16.9 Å². The summed E-state index contributed by atoms with van der Waals surface area (Å²) in [5.74, 6) is -0.680. The lowest BCUT2D eigenvalue weighted by Gasteiger charge is -2.04. The van der Waals surface area contributed by atoms with Crippen LogP contribution >= 0.6 is 27.9 Å². The van der Waals surface area contributed by atoms with Crippen LogP contribution in [-0.4, -0.2) is 21.1 Å². The van der Waals surface area contributed by atoms with Crippen molar-refractivity contribution in [2.75, 3.05) is 6.54 Å². The molecule has 0 atom stereocenters. The molecule has 0 aliphatic heterocycles. The summed E-state index contributed by atoms with van der Waals surface area (Å²) in [5, 5.41) is 8.44. The number of hydrogen-bond acceptors (Lipinski definition) is 2. The van der Waals surface area contributed by atoms with Crippen molar-refractivity contribution in [3.8, 4) is 0 Å². The average Bonchev–Trinajstić information content (AvgIpc) is 2.20. The molecular weight excluding hydrogens is 293 g/mol. The van der Waals surface area contributed by atoms with Gasteiger partial charge in [-0.1, -0.05) is 38.5 Å². The van der Waals surface area contributed by atoms with Crippen molar-refractivity contribution in [2.45, 2.75) is 57.8 Å². The first kappa shape index (κ1) is 16.2. The number of aliphatic carboxylic acids is 1. The van der Waals surface area contributed by atoms with Crippen LogP contribution in [0.1, 0.15) is 57.8 Å². The van der Waals surface area contributed by atoms with E-state index in [-0.39, 0.29) is 0 Å². The summed E-state index contributed by atoms with van der Waals surface area (Å²) in [4.78, 5) is 10.2. The van der Waals surface area contributed by atoms with Gasteiger partial charge in [0.2, 0.25) is 0 Å². The molecule has 0 rings (SSSR count). The molecule has 0 heterocycles. The lowest BCUT2D eigenvalue weighted by Crippen LogP contribution is -1.98. The van der Waals surface area contributed by atoms with Crippen molar-refractivity contribution in [3.63, 3.8) is 0 Å². The smallest absolute Gasteiger partial charge is 0.303 e. The van der Waals surface area contributed by atoms with Crippen LogP contribution in [0.25, 0.3) is 0 Å². The molecule has 3 nitrogen and oxygen atoms in total. The lowest BCUT2D eigenvalue weighted by molar-refractivity contribution is -0.137. The van der Waals surface area contributed by atoms with Gasteiger partial charge >= 0.3 is 5.97 Å². The molecule has 1 N–H and O–H groups in total. The second-order valence-electron chi connectivity index (χ2n) is 4.00. The van der Waals surface area contributed by atoms with Crippen molar-refractivity contribution in [1.29, 1.82) is 0 Å². The molecule has 0 aromatic heterocycles. The molecule has 96 valence electrons. The van der Waals surface area contributed by atoms with Gasteiger partial charge in [-0.25, -0.2) is 0 Å². The standard InChI is InChI=1S/C11H21BrClNO2/c12-14(13)10-8-6-4-2-1-3-5-7-9-11(15)16/h1-10H2,(H,15,16). The SMILES string of the molecule is O=C(O)CCCCCCCCCCN(Cl)Br. The average molecular weight is 315 g/mol. The molecule has 0 saturated carbocycles. The summed E-state index contributed by atoms with van der Waals surface area (Å²) in [7, 11) is 0. The van der Waals surface area contributed by atoms with Gasteiger partial charge in [0.1, 0.15) is 0 Å². The minimum atomic E-state index is -0.680. The lowest BCUT2D eigenvalue weighted by atomic mass is 10.1. The largest absolute Gasteiger partial charge is 0.481 e. The summed E-state index contributed by atoms with van der Waals surface area (Å²) in [6.07, 6.45) is 9.39. The van der Waals surface area contributed by atoms with Crippen LogP contribution in [-0.2, 0) is 4.79 Å². The summed E-state index contributed by atoms with van der Waals surface area (Å²) < 4.78 is 1.51. The fraction of sp³-hybridized carbons (Fsp3) is 0.909. The Labute approximate surface area is 112 Å². The van der Waals surface area contributed by atoms with Crippen molar-refractivity contribution < 1.29 is 9.90 Å². The second kappa shape index (κ2) is 11.7. The Morgan fingerprint density at radius 2 is 1.44 bits per heavy atom. The zero-order valence-corrected chi connectivity index (χ0v) is 12.0. The quantitative estimate of drug-likeness (QED) is 0.455. The van der Waals surface area contributed by atoms with Gasteiger partial charge in [0, 0.05) is 29.1 Å². The third-order valence-corrected chi connectivity index (χ3v) is 2.99. The highest BCUT2D eigenvalue weighted by Crippen LogP contribution is 2.11. The van der Waals surface area contributed by atoms with Gasteiger partial charge in [-0.2, -0.15) is 3.45 Å². The Hall–Kier alpha value is 0.200. The molecule has 0 radical (unpaired) electrons. The predicted molar refractivity (Wildman–Crippen MR) is 70.7 cm³/mol. The Balaban J connectivity index is 2.96. The maximum atomic E-state index is 10.2. The maximum Gasteiger partial charge on any atom is 0.303 e. The Morgan fingerprint density at radius 3 is 1.88 bits per heavy atom. The maximum absolute atomic E-state index is 10.2. The molecule has 0 unspecified atom stereocenters. The van der Waals surface area contributed by atoms with Gasteiger partial charge in [-0.15, -0.1) is 0 Å². The fourth-order valence-corrected chi connectivity index (χ4v) is 1.94. The number of hydrogen-bond donors (Lipinski definition) is 1. The number of halogens is 2. The van der Waals surface area contributed by atoms with Gasteiger partial charge in [0.15, 0.2) is 0 Å². The normalized spacial score (nSPS) is 10.9. The van der Waals surface area contributed by atoms with E-state index in [0.29, 0.717) is 6.42 Å². The number of carbonyl (C=O) groups is 1. The van der Waals surface area contributed by atoms with Crippen LogP contribution < -0.4 is 0 Å². The van der Waals surface area contributed by atoms with Crippen LogP contribution in [0.15, 0.2) is 0 Å². The van der Waals surface area contributed by atoms with Gasteiger partial charge < -0.3 is 5.11 Å². The summed E-state index contributed by atoms with van der Waals surface area (Å²) in [6.45, 7) is 0.875. The van der Waals surface area contributed by atoms with Crippen LogP contribution in [0.3, 0.4) is 0 Å². The van der Waals surface area contributed by atoms with Crippen molar-refractivity contribution in [1.82, 2.24) is 3.45 Å². The molecule has 0 fully saturated rings. The summed E-state index contributed by atoms with van der Waals surface area (Å²) in [5.41, 5.74) is 0. The van der Waals surface area contributed by atoms with E-state index < -0.39 is 5.97 Å². The molecule has 16 heavy (non-hydrogen) atoms. The third kappa shape index (κ3) is 14.2. The first-order valence-corrected chi connectivity index (χ1v) is 6.98. The number of carboxylic acid groups (broad SMARTS) is 1. The summed E-state index contributed by atoms with van der Waals surface area (Å²) >= 11 is 8.75. The van der Waals surface area contributed by atoms with E-state index in [1.807, 2.05) is 0 Å². The topological polar surface area (TPSA) is 40.5 Å². The van der Waals surface area contributed by atoms with E-state index in [2.05, 4.69) is 16.1 Å². The predicted octanol–water partition coefficient (Wildman–Crippen LogP) is 4.35. The molecule has 0 bridgehead atoms. The number of carboxylic acids is 1. The molecule has 5 heteroatoms. The van der Waals surface area contributed by atoms with E-state index in [1.54, 1.807) is 0 Å². The van der Waals surface area contributed by atoms with Crippen molar-refractivity contribution in [3.05, 3.63) is 0 Å². The van der Waals surface area contributed by atoms with Gasteiger partial charge in [-0.3, -0.25) is 4.79 Å². The molecule has 0 aliphatic carbocycles. The molecule has 0 aromatic carbocycles. The minimum absolute atomic E-state index is 0.316. The first-order chi connectivity index (χ1) is 7.63. The Bertz CT molecular complexity index is 179. The zero-order chi connectivity index (χ0) is 12.2. The van der Waals surface area contributed by atoms with E-state index >= 15 is 0 Å². The number of nitrogens with zero attached hydrogens (tertiary/aromatic N) is 1.